The van der Waals surface area contributed by atoms with Crippen molar-refractivity contribution in [3.05, 3.63) is 28.8 Å². The molecule has 1 N–H and O–H groups in total. The van der Waals surface area contributed by atoms with Gasteiger partial charge in [0.25, 0.3) is 5.91 Å². The number of hydrogen-bond acceptors (Lipinski definition) is 5. The number of amides is 1. The summed E-state index contributed by atoms with van der Waals surface area (Å²) in [5.41, 5.74) is 0.647. The summed E-state index contributed by atoms with van der Waals surface area (Å²) in [4.78, 5) is 23.5. The summed E-state index contributed by atoms with van der Waals surface area (Å²) < 4.78 is 15.6. The van der Waals surface area contributed by atoms with Crippen molar-refractivity contribution in [2.24, 2.45) is 5.92 Å². The van der Waals surface area contributed by atoms with E-state index in [1.54, 1.807) is 12.1 Å². The third kappa shape index (κ3) is 6.96. The fourth-order valence-electron chi connectivity index (χ4n) is 1.96. The maximum absolute atomic E-state index is 11.8. The van der Waals surface area contributed by atoms with Gasteiger partial charge in [-0.25, -0.2) is 4.79 Å². The summed E-state index contributed by atoms with van der Waals surface area (Å²) in [6.07, 6.45) is 2.76. The monoisotopic (exact) mass is 383 g/mol. The normalized spacial score (nSPS) is 12.1. The second-order valence-corrected chi connectivity index (χ2v) is 6.42. The highest BCUT2D eigenvalue weighted by atomic mass is 35.5. The molecule has 0 saturated carbocycles. The van der Waals surface area contributed by atoms with Crippen LogP contribution in [0.15, 0.2) is 18.2 Å². The lowest BCUT2D eigenvalue weighted by Crippen LogP contribution is -2.38. The zero-order chi connectivity index (χ0) is 19.7. The standard InChI is InChI=1S/C19H26ClNO5/c1-6-25-16-10-14(9-15(20)19(16)24-5)7-8-18(23)26-11-17(22)21-13(4)12(2)3/h7-10,12-13H,6,11H2,1-5H3,(H,21,22)/b8-7+/t13-/m0/s1. The number of methoxy groups -OCH3 is 1. The molecule has 0 aliphatic rings. The SMILES string of the molecule is CCOc1cc(/C=C/C(=O)OCC(=O)N[C@@H](C)C(C)C)cc(Cl)c1OC. The number of nitrogens with one attached hydrogen (secondary N) is 1. The van der Waals surface area contributed by atoms with Crippen molar-refractivity contribution in [2.75, 3.05) is 20.3 Å². The number of halogens is 1. The van der Waals surface area contributed by atoms with E-state index in [0.717, 1.165) is 0 Å². The van der Waals surface area contributed by atoms with Gasteiger partial charge in [0.1, 0.15) is 0 Å². The first-order valence-electron chi connectivity index (χ1n) is 8.43. The maximum atomic E-state index is 11.8. The minimum atomic E-state index is -0.623. The van der Waals surface area contributed by atoms with Crippen LogP contribution < -0.4 is 14.8 Å². The number of carbonyl (C=O) groups excluding carboxylic acids is 2. The van der Waals surface area contributed by atoms with Gasteiger partial charge >= 0.3 is 5.97 Å². The molecule has 144 valence electrons. The molecule has 1 aromatic carbocycles. The summed E-state index contributed by atoms with van der Waals surface area (Å²) >= 11 is 6.15. The molecular formula is C19H26ClNO5. The van der Waals surface area contributed by atoms with Gasteiger partial charge in [-0.05, 0) is 43.5 Å². The molecule has 0 radical (unpaired) electrons. The van der Waals surface area contributed by atoms with E-state index in [0.29, 0.717) is 34.6 Å². The van der Waals surface area contributed by atoms with Crippen molar-refractivity contribution in [3.8, 4) is 11.5 Å². The first-order chi connectivity index (χ1) is 12.3. The lowest BCUT2D eigenvalue weighted by atomic mass is 10.1. The molecule has 0 unspecified atom stereocenters. The van der Waals surface area contributed by atoms with Gasteiger partial charge in [0, 0.05) is 12.1 Å². The van der Waals surface area contributed by atoms with E-state index in [1.807, 2.05) is 27.7 Å². The van der Waals surface area contributed by atoms with Gasteiger partial charge in [-0.3, -0.25) is 4.79 Å². The highest BCUT2D eigenvalue weighted by Gasteiger charge is 2.13. The molecule has 0 fully saturated rings. The fourth-order valence-corrected chi connectivity index (χ4v) is 2.25. The summed E-state index contributed by atoms with van der Waals surface area (Å²) in [5, 5.41) is 3.13. The van der Waals surface area contributed by atoms with Crippen LogP contribution in [0.2, 0.25) is 5.02 Å². The number of esters is 1. The van der Waals surface area contributed by atoms with Gasteiger partial charge in [-0.15, -0.1) is 0 Å². The van der Waals surface area contributed by atoms with Crippen LogP contribution in [0, 0.1) is 5.92 Å². The molecule has 0 aliphatic carbocycles. The molecule has 1 amide bonds. The Balaban J connectivity index is 2.66. The Kier molecular flexibility index (Phi) is 8.99. The van der Waals surface area contributed by atoms with Crippen molar-refractivity contribution in [2.45, 2.75) is 33.7 Å². The highest BCUT2D eigenvalue weighted by molar-refractivity contribution is 6.32. The van der Waals surface area contributed by atoms with Crippen molar-refractivity contribution < 1.29 is 23.8 Å². The Labute approximate surface area is 159 Å². The first kappa shape index (κ1) is 21.8. The lowest BCUT2D eigenvalue weighted by molar-refractivity contribution is -0.144. The van der Waals surface area contributed by atoms with Crippen molar-refractivity contribution in [3.63, 3.8) is 0 Å². The Hall–Kier alpha value is -2.21. The third-order valence-electron chi connectivity index (χ3n) is 3.68. The molecular weight excluding hydrogens is 358 g/mol. The zero-order valence-corrected chi connectivity index (χ0v) is 16.6. The maximum Gasteiger partial charge on any atom is 0.331 e. The van der Waals surface area contributed by atoms with E-state index in [1.165, 1.54) is 19.3 Å². The second kappa shape index (κ2) is 10.7. The van der Waals surface area contributed by atoms with Gasteiger partial charge in [0.05, 0.1) is 18.7 Å². The predicted molar refractivity (Wildman–Crippen MR) is 102 cm³/mol. The second-order valence-electron chi connectivity index (χ2n) is 6.01. The largest absolute Gasteiger partial charge is 0.491 e. The molecule has 26 heavy (non-hydrogen) atoms. The smallest absolute Gasteiger partial charge is 0.331 e. The fraction of sp³-hybridized carbons (Fsp3) is 0.474. The number of rotatable bonds is 9. The number of ether oxygens (including phenoxy) is 3. The Morgan fingerprint density at radius 2 is 1.96 bits per heavy atom. The molecule has 0 spiro atoms. The van der Waals surface area contributed by atoms with Crippen molar-refractivity contribution >= 4 is 29.6 Å². The molecule has 1 aromatic rings. The molecule has 0 bridgehead atoms. The van der Waals surface area contributed by atoms with Crippen LogP contribution in [0.4, 0.5) is 0 Å². The van der Waals surface area contributed by atoms with Gasteiger partial charge in [0.2, 0.25) is 0 Å². The zero-order valence-electron chi connectivity index (χ0n) is 15.8. The molecule has 6 nitrogen and oxygen atoms in total. The summed E-state index contributed by atoms with van der Waals surface area (Å²) in [7, 11) is 1.50. The van der Waals surface area contributed by atoms with Crippen LogP contribution in [0.5, 0.6) is 11.5 Å². The molecule has 0 aromatic heterocycles. The van der Waals surface area contributed by atoms with Crippen molar-refractivity contribution in [1.29, 1.82) is 0 Å². The predicted octanol–water partition coefficient (Wildman–Crippen LogP) is 3.46. The summed E-state index contributed by atoms with van der Waals surface area (Å²) in [6, 6.07) is 3.36. The average molecular weight is 384 g/mol. The Morgan fingerprint density at radius 3 is 2.54 bits per heavy atom. The molecule has 1 atom stereocenters. The van der Waals surface area contributed by atoms with E-state index < -0.39 is 5.97 Å². The number of carbonyl (C=O) groups is 2. The average Bonchev–Trinajstić information content (AvgIpc) is 2.58. The minimum Gasteiger partial charge on any atom is -0.491 e. The van der Waals surface area contributed by atoms with E-state index in [-0.39, 0.29) is 18.6 Å². The van der Waals surface area contributed by atoms with Crippen LogP contribution in [0.25, 0.3) is 6.08 Å². The summed E-state index contributed by atoms with van der Waals surface area (Å²) in [6.45, 7) is 7.86. The summed E-state index contributed by atoms with van der Waals surface area (Å²) in [5.74, 6) is 0.261. The van der Waals surface area contributed by atoms with Crippen LogP contribution in [-0.2, 0) is 14.3 Å². The van der Waals surface area contributed by atoms with E-state index in [9.17, 15) is 9.59 Å². The van der Waals surface area contributed by atoms with Gasteiger partial charge < -0.3 is 19.5 Å². The van der Waals surface area contributed by atoms with Gasteiger partial charge in [-0.2, -0.15) is 0 Å². The quantitative estimate of drug-likeness (QED) is 0.522. The Morgan fingerprint density at radius 1 is 1.27 bits per heavy atom. The van der Waals surface area contributed by atoms with E-state index >= 15 is 0 Å². The molecule has 7 heteroatoms. The van der Waals surface area contributed by atoms with Gasteiger partial charge in [0.15, 0.2) is 18.1 Å². The highest BCUT2D eigenvalue weighted by Crippen LogP contribution is 2.36. The number of benzene rings is 1. The topological polar surface area (TPSA) is 73.9 Å². The molecule has 0 aliphatic heterocycles. The molecule has 0 heterocycles. The lowest BCUT2D eigenvalue weighted by Gasteiger charge is -2.17. The van der Waals surface area contributed by atoms with Crippen molar-refractivity contribution in [1.82, 2.24) is 5.32 Å². The van der Waals surface area contributed by atoms with E-state index in [4.69, 9.17) is 25.8 Å². The number of hydrogen-bond donors (Lipinski definition) is 1. The van der Waals surface area contributed by atoms with Crippen LogP contribution in [0.3, 0.4) is 0 Å². The van der Waals surface area contributed by atoms with Crippen LogP contribution >= 0.6 is 11.6 Å². The molecule has 1 rings (SSSR count). The van der Waals surface area contributed by atoms with Crippen LogP contribution in [-0.4, -0.2) is 38.2 Å². The first-order valence-corrected chi connectivity index (χ1v) is 8.80. The Bertz CT molecular complexity index is 658. The minimum absolute atomic E-state index is 0.00942. The molecule has 0 saturated heterocycles. The van der Waals surface area contributed by atoms with E-state index in [2.05, 4.69) is 5.32 Å². The van der Waals surface area contributed by atoms with Gasteiger partial charge in [-0.1, -0.05) is 25.4 Å². The van der Waals surface area contributed by atoms with Crippen LogP contribution in [0.1, 0.15) is 33.3 Å². The third-order valence-corrected chi connectivity index (χ3v) is 3.96.